The number of furan rings is 1. The van der Waals surface area contributed by atoms with Crippen LogP contribution in [0, 0.1) is 13.8 Å². The summed E-state index contributed by atoms with van der Waals surface area (Å²) in [4.78, 5) is 0. The van der Waals surface area contributed by atoms with Crippen molar-refractivity contribution in [2.45, 2.75) is 13.8 Å². The van der Waals surface area contributed by atoms with Gasteiger partial charge >= 0.3 is 0 Å². The van der Waals surface area contributed by atoms with Crippen molar-refractivity contribution in [3.8, 4) is 0 Å². The third kappa shape index (κ3) is 0.938. The summed E-state index contributed by atoms with van der Waals surface area (Å²) >= 11 is 0. The Kier molecular flexibility index (Phi) is 1.52. The Balaban J connectivity index is 2.68. The van der Waals surface area contributed by atoms with Gasteiger partial charge in [-0.1, -0.05) is 18.2 Å². The van der Waals surface area contributed by atoms with Crippen LogP contribution in [0.5, 0.6) is 0 Å². The third-order valence-corrected chi connectivity index (χ3v) is 3.21. The fraction of sp³-hybridized carbons (Fsp3) is 0.231. The molecule has 0 saturated heterocycles. The van der Waals surface area contributed by atoms with Crippen molar-refractivity contribution in [1.82, 2.24) is 4.57 Å². The number of nitrogens with zero attached hydrogens (tertiary/aromatic N) is 1. The van der Waals surface area contributed by atoms with Crippen LogP contribution in [0.15, 0.2) is 28.7 Å². The van der Waals surface area contributed by atoms with Crippen molar-refractivity contribution in [2.75, 3.05) is 0 Å². The first-order valence-electron chi connectivity index (χ1n) is 5.13. The first-order valence-corrected chi connectivity index (χ1v) is 5.13. The minimum absolute atomic E-state index is 0.978. The summed E-state index contributed by atoms with van der Waals surface area (Å²) in [6.07, 6.45) is 0. The van der Waals surface area contributed by atoms with Crippen molar-refractivity contribution in [2.24, 2.45) is 7.05 Å². The number of fused-ring (bicyclic) bond motifs is 3. The zero-order chi connectivity index (χ0) is 10.6. The number of aryl methyl sites for hydroxylation is 3. The smallest absolute Gasteiger partial charge is 0.208 e. The average Bonchev–Trinajstić information content (AvgIpc) is 2.68. The summed E-state index contributed by atoms with van der Waals surface area (Å²) in [5.74, 6) is 1.02. The standard InChI is InChI=1S/C13H13NO/c1-8-9(2)15-13-12(8)10-6-4-5-7-11(10)14(13)3/h4-7H,1-3H3. The van der Waals surface area contributed by atoms with Gasteiger partial charge in [-0.15, -0.1) is 0 Å². The van der Waals surface area contributed by atoms with Crippen LogP contribution in [0.3, 0.4) is 0 Å². The van der Waals surface area contributed by atoms with Gasteiger partial charge in [-0.05, 0) is 19.9 Å². The normalized spacial score (nSPS) is 11.7. The second-order valence-corrected chi connectivity index (χ2v) is 4.04. The molecule has 0 saturated carbocycles. The lowest BCUT2D eigenvalue weighted by atomic mass is 10.1. The molecular weight excluding hydrogens is 186 g/mol. The number of hydrogen-bond acceptors (Lipinski definition) is 1. The molecule has 0 aliphatic heterocycles. The Morgan fingerprint density at radius 3 is 2.67 bits per heavy atom. The Morgan fingerprint density at radius 1 is 1.13 bits per heavy atom. The van der Waals surface area contributed by atoms with E-state index < -0.39 is 0 Å². The third-order valence-electron chi connectivity index (χ3n) is 3.21. The van der Waals surface area contributed by atoms with Gasteiger partial charge in [0.25, 0.3) is 0 Å². The Bertz CT molecular complexity index is 658. The molecule has 2 heteroatoms. The molecular formula is C13H13NO. The molecule has 15 heavy (non-hydrogen) atoms. The average molecular weight is 199 g/mol. The van der Waals surface area contributed by atoms with Crippen LogP contribution in [0.1, 0.15) is 11.3 Å². The maximum atomic E-state index is 5.78. The number of hydrogen-bond donors (Lipinski definition) is 0. The molecule has 0 radical (unpaired) electrons. The Morgan fingerprint density at radius 2 is 1.87 bits per heavy atom. The van der Waals surface area contributed by atoms with Gasteiger partial charge in [-0.3, -0.25) is 0 Å². The highest BCUT2D eigenvalue weighted by atomic mass is 16.3. The van der Waals surface area contributed by atoms with E-state index in [9.17, 15) is 0 Å². The molecule has 2 nitrogen and oxygen atoms in total. The summed E-state index contributed by atoms with van der Waals surface area (Å²) in [5, 5.41) is 2.54. The van der Waals surface area contributed by atoms with Crippen molar-refractivity contribution >= 4 is 22.0 Å². The molecule has 0 fully saturated rings. The van der Waals surface area contributed by atoms with E-state index in [0.29, 0.717) is 0 Å². The zero-order valence-electron chi connectivity index (χ0n) is 9.16. The lowest BCUT2D eigenvalue weighted by Crippen LogP contribution is -1.84. The van der Waals surface area contributed by atoms with E-state index in [-0.39, 0.29) is 0 Å². The van der Waals surface area contributed by atoms with E-state index in [4.69, 9.17) is 4.42 Å². The molecule has 0 aliphatic carbocycles. The maximum absolute atomic E-state index is 5.78. The minimum atomic E-state index is 0.978. The van der Waals surface area contributed by atoms with Crippen LogP contribution in [0.25, 0.3) is 22.0 Å². The van der Waals surface area contributed by atoms with Crippen molar-refractivity contribution in [3.63, 3.8) is 0 Å². The molecule has 0 aliphatic rings. The van der Waals surface area contributed by atoms with Gasteiger partial charge in [-0.2, -0.15) is 0 Å². The number of aromatic nitrogens is 1. The lowest BCUT2D eigenvalue weighted by Gasteiger charge is -1.95. The van der Waals surface area contributed by atoms with Crippen molar-refractivity contribution < 1.29 is 4.42 Å². The molecule has 2 heterocycles. The maximum Gasteiger partial charge on any atom is 0.208 e. The summed E-state index contributed by atoms with van der Waals surface area (Å²) in [6, 6.07) is 8.41. The quantitative estimate of drug-likeness (QED) is 0.541. The first-order chi connectivity index (χ1) is 7.20. The van der Waals surface area contributed by atoms with Crippen molar-refractivity contribution in [1.29, 1.82) is 0 Å². The van der Waals surface area contributed by atoms with Gasteiger partial charge in [0.2, 0.25) is 5.71 Å². The van der Waals surface area contributed by atoms with Crippen LogP contribution in [-0.2, 0) is 7.05 Å². The summed E-state index contributed by atoms with van der Waals surface area (Å²) < 4.78 is 7.89. The van der Waals surface area contributed by atoms with Gasteiger partial charge in [0.15, 0.2) is 0 Å². The minimum Gasteiger partial charge on any atom is -0.445 e. The lowest BCUT2D eigenvalue weighted by molar-refractivity contribution is 0.551. The highest BCUT2D eigenvalue weighted by Gasteiger charge is 2.15. The highest BCUT2D eigenvalue weighted by molar-refractivity contribution is 6.08. The van der Waals surface area contributed by atoms with Gasteiger partial charge < -0.3 is 8.98 Å². The van der Waals surface area contributed by atoms with Gasteiger partial charge in [0, 0.05) is 18.0 Å². The second-order valence-electron chi connectivity index (χ2n) is 4.04. The van der Waals surface area contributed by atoms with Crippen LogP contribution in [0.4, 0.5) is 0 Å². The largest absolute Gasteiger partial charge is 0.445 e. The second kappa shape index (κ2) is 2.66. The molecule has 0 spiro atoms. The topological polar surface area (TPSA) is 18.1 Å². The van der Waals surface area contributed by atoms with Crippen LogP contribution >= 0.6 is 0 Å². The van der Waals surface area contributed by atoms with Crippen LogP contribution in [0.2, 0.25) is 0 Å². The summed E-state index contributed by atoms with van der Waals surface area (Å²) in [5.41, 5.74) is 3.46. The van der Waals surface area contributed by atoms with E-state index >= 15 is 0 Å². The molecule has 0 unspecified atom stereocenters. The van der Waals surface area contributed by atoms with E-state index in [1.54, 1.807) is 0 Å². The molecule has 3 aromatic rings. The molecule has 0 bridgehead atoms. The van der Waals surface area contributed by atoms with E-state index in [0.717, 1.165) is 11.5 Å². The fourth-order valence-corrected chi connectivity index (χ4v) is 2.25. The fourth-order valence-electron chi connectivity index (χ4n) is 2.25. The van der Waals surface area contributed by atoms with Gasteiger partial charge in [0.05, 0.1) is 10.9 Å². The monoisotopic (exact) mass is 199 g/mol. The van der Waals surface area contributed by atoms with Crippen LogP contribution in [-0.4, -0.2) is 4.57 Å². The van der Waals surface area contributed by atoms with Gasteiger partial charge in [0.1, 0.15) is 5.76 Å². The predicted octanol–water partition coefficient (Wildman–Crippen LogP) is 3.54. The number of rotatable bonds is 0. The molecule has 76 valence electrons. The summed E-state index contributed by atoms with van der Waals surface area (Å²) in [7, 11) is 2.05. The Hall–Kier alpha value is -1.70. The molecule has 3 rings (SSSR count). The van der Waals surface area contributed by atoms with Crippen LogP contribution < -0.4 is 0 Å². The molecule has 0 amide bonds. The van der Waals surface area contributed by atoms with E-state index in [1.165, 1.54) is 21.9 Å². The number of benzene rings is 1. The molecule has 1 aromatic carbocycles. The highest BCUT2D eigenvalue weighted by Crippen LogP contribution is 2.33. The van der Waals surface area contributed by atoms with E-state index in [2.05, 4.69) is 35.8 Å². The predicted molar refractivity (Wildman–Crippen MR) is 62.2 cm³/mol. The van der Waals surface area contributed by atoms with Gasteiger partial charge in [-0.25, -0.2) is 0 Å². The van der Waals surface area contributed by atoms with Crippen molar-refractivity contribution in [3.05, 3.63) is 35.6 Å². The molecule has 0 atom stereocenters. The number of para-hydroxylation sites is 1. The summed E-state index contributed by atoms with van der Waals surface area (Å²) in [6.45, 7) is 4.14. The van der Waals surface area contributed by atoms with E-state index in [1.807, 2.05) is 14.0 Å². The zero-order valence-corrected chi connectivity index (χ0v) is 9.16. The Labute approximate surface area is 88.1 Å². The molecule has 0 N–H and O–H groups in total. The SMILES string of the molecule is Cc1oc2c(c1C)c1ccccc1n2C. The molecule has 2 aromatic heterocycles. The first kappa shape index (κ1) is 8.60.